The van der Waals surface area contributed by atoms with Gasteiger partial charge in [0.2, 0.25) is 0 Å². The predicted molar refractivity (Wildman–Crippen MR) is 101 cm³/mol. The molecule has 138 valence electrons. The number of hydrogen-bond donors (Lipinski definition) is 2. The first-order chi connectivity index (χ1) is 13.1. The van der Waals surface area contributed by atoms with E-state index >= 15 is 0 Å². The number of aliphatic hydroxyl groups is 1. The number of methoxy groups -OCH3 is 1. The lowest BCUT2D eigenvalue weighted by Gasteiger charge is -2.38. The quantitative estimate of drug-likeness (QED) is 0.728. The fraction of sp³-hybridized carbons (Fsp3) is 0.286. The molecule has 6 heteroatoms. The third-order valence-electron chi connectivity index (χ3n) is 5.10. The predicted octanol–water partition coefficient (Wildman–Crippen LogP) is 2.88. The van der Waals surface area contributed by atoms with Crippen LogP contribution in [-0.4, -0.2) is 34.2 Å². The number of aliphatic hydroxyl groups excluding tert-OH is 1. The monoisotopic (exact) mass is 363 g/mol. The highest BCUT2D eigenvalue weighted by Gasteiger charge is 2.36. The Hall–Kier alpha value is -2.99. The molecule has 1 aliphatic rings. The summed E-state index contributed by atoms with van der Waals surface area (Å²) in [5.74, 6) is 0.651. The van der Waals surface area contributed by atoms with Crippen LogP contribution in [-0.2, 0) is 0 Å². The molecule has 1 fully saturated rings. The minimum atomic E-state index is -0.306. The molecule has 27 heavy (non-hydrogen) atoms. The molecule has 1 saturated carbocycles. The summed E-state index contributed by atoms with van der Waals surface area (Å²) in [5.41, 5.74) is 2.31. The number of benzene rings is 1. The fourth-order valence-electron chi connectivity index (χ4n) is 3.53. The van der Waals surface area contributed by atoms with E-state index in [2.05, 4.69) is 15.3 Å². The van der Waals surface area contributed by atoms with Gasteiger partial charge in [-0.25, -0.2) is 0 Å². The van der Waals surface area contributed by atoms with E-state index in [1.165, 1.54) is 0 Å². The zero-order valence-corrected chi connectivity index (χ0v) is 15.0. The maximum atomic E-state index is 12.9. The molecule has 0 aliphatic heterocycles. The third kappa shape index (κ3) is 3.61. The first kappa shape index (κ1) is 17.4. The molecule has 0 spiro atoms. The van der Waals surface area contributed by atoms with E-state index in [1.54, 1.807) is 31.8 Å². The van der Waals surface area contributed by atoms with E-state index in [4.69, 9.17) is 4.74 Å². The molecule has 2 aromatic heterocycles. The molecule has 2 N–H and O–H groups in total. The van der Waals surface area contributed by atoms with Crippen LogP contribution >= 0.6 is 0 Å². The Morgan fingerprint density at radius 3 is 2.89 bits per heavy atom. The van der Waals surface area contributed by atoms with Crippen LogP contribution < -0.4 is 10.1 Å². The van der Waals surface area contributed by atoms with E-state index in [1.807, 2.05) is 30.3 Å². The first-order valence-electron chi connectivity index (χ1n) is 8.96. The van der Waals surface area contributed by atoms with Gasteiger partial charge >= 0.3 is 0 Å². The van der Waals surface area contributed by atoms with Crippen molar-refractivity contribution in [2.45, 2.75) is 25.0 Å². The topological polar surface area (TPSA) is 84.3 Å². The van der Waals surface area contributed by atoms with Crippen molar-refractivity contribution in [2.75, 3.05) is 7.11 Å². The molecular weight excluding hydrogens is 342 g/mol. The summed E-state index contributed by atoms with van der Waals surface area (Å²) in [7, 11) is 1.59. The van der Waals surface area contributed by atoms with Gasteiger partial charge in [-0.05, 0) is 54.7 Å². The average Bonchev–Trinajstić information content (AvgIpc) is 2.69. The highest BCUT2D eigenvalue weighted by Crippen LogP contribution is 2.38. The SMILES string of the molecule is COc1cncc([C@@H](NC(=O)c2ccc3ncccc3c2)C2CC(O)C2)c1. The molecule has 0 saturated heterocycles. The minimum Gasteiger partial charge on any atom is -0.495 e. The second-order valence-electron chi connectivity index (χ2n) is 6.91. The molecule has 1 aliphatic carbocycles. The standard InChI is InChI=1S/C21H21N3O3/c1-27-18-10-16(11-22-12-18)20(15-8-17(25)9-15)24-21(26)14-4-5-19-13(7-14)3-2-6-23-19/h2-7,10-12,15,17,20,25H,8-9H2,1H3,(H,24,26)/t15?,17?,20-/m0/s1. The van der Waals surface area contributed by atoms with E-state index in [-0.39, 0.29) is 24.0 Å². The van der Waals surface area contributed by atoms with E-state index in [0.717, 1.165) is 16.5 Å². The molecule has 0 unspecified atom stereocenters. The highest BCUT2D eigenvalue weighted by molar-refractivity contribution is 5.98. The van der Waals surface area contributed by atoms with Crippen molar-refractivity contribution < 1.29 is 14.6 Å². The number of fused-ring (bicyclic) bond motifs is 1. The Bertz CT molecular complexity index is 970. The van der Waals surface area contributed by atoms with E-state index < -0.39 is 0 Å². The van der Waals surface area contributed by atoms with Crippen molar-refractivity contribution in [3.05, 3.63) is 66.1 Å². The number of pyridine rings is 2. The van der Waals surface area contributed by atoms with Crippen molar-refractivity contribution in [1.82, 2.24) is 15.3 Å². The van der Waals surface area contributed by atoms with Crippen LogP contribution in [0.1, 0.15) is 34.8 Å². The van der Waals surface area contributed by atoms with Gasteiger partial charge in [-0.15, -0.1) is 0 Å². The number of amides is 1. The maximum absolute atomic E-state index is 12.9. The van der Waals surface area contributed by atoms with Crippen LogP contribution in [0.4, 0.5) is 0 Å². The second kappa shape index (κ2) is 7.32. The van der Waals surface area contributed by atoms with Crippen molar-refractivity contribution >= 4 is 16.8 Å². The van der Waals surface area contributed by atoms with Gasteiger partial charge in [0.1, 0.15) is 5.75 Å². The Labute approximate surface area is 157 Å². The number of ether oxygens (including phenoxy) is 1. The molecule has 1 atom stereocenters. The Morgan fingerprint density at radius 1 is 1.26 bits per heavy atom. The molecule has 3 aromatic rings. The fourth-order valence-corrected chi connectivity index (χ4v) is 3.53. The minimum absolute atomic E-state index is 0.157. The molecule has 6 nitrogen and oxygen atoms in total. The Morgan fingerprint density at radius 2 is 2.11 bits per heavy atom. The van der Waals surface area contributed by atoms with Crippen LogP contribution in [0.2, 0.25) is 0 Å². The second-order valence-corrected chi connectivity index (χ2v) is 6.91. The summed E-state index contributed by atoms with van der Waals surface area (Å²) in [6.45, 7) is 0. The molecule has 2 heterocycles. The molecule has 0 radical (unpaired) electrons. The summed E-state index contributed by atoms with van der Waals surface area (Å²) in [5, 5.41) is 13.8. The number of rotatable bonds is 5. The smallest absolute Gasteiger partial charge is 0.251 e. The normalized spacial score (nSPS) is 19.9. The van der Waals surface area contributed by atoms with Gasteiger partial charge in [0.25, 0.3) is 5.91 Å². The summed E-state index contributed by atoms with van der Waals surface area (Å²) < 4.78 is 5.26. The van der Waals surface area contributed by atoms with Gasteiger partial charge in [0, 0.05) is 23.3 Å². The lowest BCUT2D eigenvalue weighted by molar-refractivity contribution is 0.0234. The Balaban J connectivity index is 1.60. The number of aromatic nitrogens is 2. The molecule has 0 bridgehead atoms. The van der Waals surface area contributed by atoms with Gasteiger partial charge in [-0.3, -0.25) is 14.8 Å². The number of nitrogens with one attached hydrogen (secondary N) is 1. The van der Waals surface area contributed by atoms with Crippen LogP contribution in [0.5, 0.6) is 5.75 Å². The lowest BCUT2D eigenvalue weighted by atomic mass is 9.75. The maximum Gasteiger partial charge on any atom is 0.251 e. The number of hydrogen-bond acceptors (Lipinski definition) is 5. The van der Waals surface area contributed by atoms with Gasteiger partial charge in [0.05, 0.1) is 31.0 Å². The van der Waals surface area contributed by atoms with Crippen LogP contribution in [0, 0.1) is 5.92 Å². The van der Waals surface area contributed by atoms with Gasteiger partial charge < -0.3 is 15.2 Å². The molecule has 1 amide bonds. The highest BCUT2D eigenvalue weighted by atomic mass is 16.5. The van der Waals surface area contributed by atoms with Crippen molar-refractivity contribution in [3.8, 4) is 5.75 Å². The van der Waals surface area contributed by atoms with Crippen LogP contribution in [0.25, 0.3) is 10.9 Å². The average molecular weight is 363 g/mol. The lowest BCUT2D eigenvalue weighted by Crippen LogP contribution is -2.41. The Kier molecular flexibility index (Phi) is 4.73. The van der Waals surface area contributed by atoms with Gasteiger partial charge in [0.15, 0.2) is 0 Å². The van der Waals surface area contributed by atoms with Crippen molar-refractivity contribution in [3.63, 3.8) is 0 Å². The largest absolute Gasteiger partial charge is 0.495 e. The van der Waals surface area contributed by atoms with Gasteiger partial charge in [-0.2, -0.15) is 0 Å². The zero-order chi connectivity index (χ0) is 18.8. The van der Waals surface area contributed by atoms with E-state index in [0.29, 0.717) is 24.2 Å². The van der Waals surface area contributed by atoms with Crippen LogP contribution in [0.15, 0.2) is 55.0 Å². The zero-order valence-electron chi connectivity index (χ0n) is 15.0. The number of nitrogens with zero attached hydrogens (tertiary/aromatic N) is 2. The van der Waals surface area contributed by atoms with E-state index in [9.17, 15) is 9.90 Å². The van der Waals surface area contributed by atoms with Crippen LogP contribution in [0.3, 0.4) is 0 Å². The first-order valence-corrected chi connectivity index (χ1v) is 8.96. The van der Waals surface area contributed by atoms with Crippen molar-refractivity contribution in [1.29, 1.82) is 0 Å². The summed E-state index contributed by atoms with van der Waals surface area (Å²) >= 11 is 0. The summed E-state index contributed by atoms with van der Waals surface area (Å²) in [6.07, 6.45) is 6.11. The number of carbonyl (C=O) groups is 1. The van der Waals surface area contributed by atoms with Crippen molar-refractivity contribution in [2.24, 2.45) is 5.92 Å². The summed E-state index contributed by atoms with van der Waals surface area (Å²) in [6, 6.07) is 10.9. The number of carbonyl (C=O) groups excluding carboxylic acids is 1. The third-order valence-corrected chi connectivity index (χ3v) is 5.10. The molecule has 4 rings (SSSR count). The molecular formula is C21H21N3O3. The summed E-state index contributed by atoms with van der Waals surface area (Å²) in [4.78, 5) is 21.4. The molecule has 1 aromatic carbocycles. The van der Waals surface area contributed by atoms with Gasteiger partial charge in [-0.1, -0.05) is 6.07 Å².